The van der Waals surface area contributed by atoms with E-state index in [2.05, 4.69) is 72.1 Å². The van der Waals surface area contributed by atoms with Crippen molar-refractivity contribution in [2.75, 3.05) is 39.6 Å². The number of hydrogen-bond acceptors (Lipinski definition) is 4. The summed E-state index contributed by atoms with van der Waals surface area (Å²) in [6, 6.07) is 10.7. The quantitative estimate of drug-likeness (QED) is 0.501. The molecule has 0 saturated heterocycles. The van der Waals surface area contributed by atoms with E-state index < -0.39 is 0 Å². The van der Waals surface area contributed by atoms with Gasteiger partial charge in [0.15, 0.2) is 0 Å². The second-order valence-corrected chi connectivity index (χ2v) is 7.68. The lowest BCUT2D eigenvalue weighted by Gasteiger charge is -2.11. The molecule has 0 bridgehead atoms. The van der Waals surface area contributed by atoms with E-state index in [4.69, 9.17) is 4.74 Å². The molecule has 0 radical (unpaired) electrons. The number of fused-ring (bicyclic) bond motifs is 4. The summed E-state index contributed by atoms with van der Waals surface area (Å²) in [5.74, 6) is 1.84. The molecule has 5 heteroatoms. The number of aromatic nitrogens is 2. The third-order valence-electron chi connectivity index (χ3n) is 5.54. The minimum absolute atomic E-state index is 0.881. The molecular formula is C23H28N4O. The molecule has 0 amide bonds. The van der Waals surface area contributed by atoms with Crippen LogP contribution in [0.25, 0.3) is 32.6 Å². The Labute approximate surface area is 165 Å². The Morgan fingerprint density at radius 2 is 1.96 bits per heavy atom. The second-order valence-electron chi connectivity index (χ2n) is 7.68. The first kappa shape index (κ1) is 18.6. The number of benzene rings is 2. The van der Waals surface area contributed by atoms with Crippen molar-refractivity contribution < 1.29 is 4.74 Å². The molecule has 0 saturated carbocycles. The number of nitrogens with zero attached hydrogens (tertiary/aromatic N) is 3. The highest BCUT2D eigenvalue weighted by molar-refractivity contribution is 6.18. The zero-order chi connectivity index (χ0) is 19.8. The Balaban J connectivity index is 1.90. The van der Waals surface area contributed by atoms with Gasteiger partial charge in [-0.1, -0.05) is 6.07 Å². The topological polar surface area (TPSA) is 42.3 Å². The highest BCUT2D eigenvalue weighted by Gasteiger charge is 2.16. The first-order valence-electron chi connectivity index (χ1n) is 9.74. The van der Waals surface area contributed by atoms with E-state index in [0.717, 1.165) is 31.1 Å². The largest absolute Gasteiger partial charge is 0.497 e. The van der Waals surface area contributed by atoms with Crippen molar-refractivity contribution in [1.82, 2.24) is 14.5 Å². The summed E-state index contributed by atoms with van der Waals surface area (Å²) in [4.78, 5) is 6.87. The minimum Gasteiger partial charge on any atom is -0.497 e. The summed E-state index contributed by atoms with van der Waals surface area (Å²) < 4.78 is 7.73. The van der Waals surface area contributed by atoms with Crippen molar-refractivity contribution in [3.05, 3.63) is 42.1 Å². The van der Waals surface area contributed by atoms with Gasteiger partial charge in [0.25, 0.3) is 0 Å². The molecule has 0 atom stereocenters. The maximum Gasteiger partial charge on any atom is 0.136 e. The van der Waals surface area contributed by atoms with Gasteiger partial charge in [-0.15, -0.1) is 0 Å². The van der Waals surface area contributed by atoms with Crippen LogP contribution in [-0.4, -0.2) is 48.7 Å². The van der Waals surface area contributed by atoms with E-state index in [1.807, 2.05) is 12.3 Å². The third-order valence-corrected chi connectivity index (χ3v) is 5.54. The maximum atomic E-state index is 5.44. The van der Waals surface area contributed by atoms with E-state index in [-0.39, 0.29) is 0 Å². The fourth-order valence-electron chi connectivity index (χ4n) is 4.16. The summed E-state index contributed by atoms with van der Waals surface area (Å²) >= 11 is 0. The summed E-state index contributed by atoms with van der Waals surface area (Å²) in [5.41, 5.74) is 3.75. The zero-order valence-corrected chi connectivity index (χ0v) is 17.3. The predicted molar refractivity (Wildman–Crippen MR) is 119 cm³/mol. The molecule has 28 heavy (non-hydrogen) atoms. The van der Waals surface area contributed by atoms with Crippen LogP contribution in [0, 0.1) is 6.92 Å². The maximum absolute atomic E-state index is 5.44. The average Bonchev–Trinajstić information content (AvgIpc) is 2.98. The van der Waals surface area contributed by atoms with Gasteiger partial charge in [-0.2, -0.15) is 0 Å². The fraction of sp³-hybridized carbons (Fsp3) is 0.348. The van der Waals surface area contributed by atoms with Crippen LogP contribution in [0.5, 0.6) is 5.75 Å². The summed E-state index contributed by atoms with van der Waals surface area (Å²) in [5, 5.41) is 8.44. The smallest absolute Gasteiger partial charge is 0.136 e. The summed E-state index contributed by atoms with van der Waals surface area (Å²) in [6.07, 6.45) is 2.97. The van der Waals surface area contributed by atoms with Gasteiger partial charge in [0.1, 0.15) is 11.6 Å². The monoisotopic (exact) mass is 376 g/mol. The van der Waals surface area contributed by atoms with Crippen molar-refractivity contribution in [3.8, 4) is 5.75 Å². The molecule has 0 aliphatic carbocycles. The Kier molecular flexibility index (Phi) is 4.85. The molecule has 0 unspecified atom stereocenters. The molecule has 0 aliphatic heterocycles. The minimum atomic E-state index is 0.881. The van der Waals surface area contributed by atoms with Crippen LogP contribution < -0.4 is 10.1 Å². The van der Waals surface area contributed by atoms with E-state index in [9.17, 15) is 0 Å². The van der Waals surface area contributed by atoms with Gasteiger partial charge in [0.2, 0.25) is 0 Å². The molecule has 2 heterocycles. The number of anilines is 1. The van der Waals surface area contributed by atoms with Gasteiger partial charge in [-0.05, 0) is 74.6 Å². The Bertz CT molecular complexity index is 1160. The highest BCUT2D eigenvalue weighted by atomic mass is 16.5. The SMILES string of the molecule is COc1ccc2c(C)c3c(cc2c1)c1c(NCCCN(C)C)nccc1n3C. The van der Waals surface area contributed by atoms with Crippen LogP contribution in [-0.2, 0) is 7.05 Å². The van der Waals surface area contributed by atoms with Gasteiger partial charge in [0.05, 0.1) is 18.1 Å². The Morgan fingerprint density at radius 3 is 2.71 bits per heavy atom. The van der Waals surface area contributed by atoms with Crippen LogP contribution in [0.4, 0.5) is 5.82 Å². The molecule has 4 rings (SSSR count). The van der Waals surface area contributed by atoms with Crippen molar-refractivity contribution in [2.24, 2.45) is 7.05 Å². The van der Waals surface area contributed by atoms with Gasteiger partial charge in [-0.25, -0.2) is 4.98 Å². The molecule has 2 aromatic heterocycles. The van der Waals surface area contributed by atoms with Crippen molar-refractivity contribution in [2.45, 2.75) is 13.3 Å². The van der Waals surface area contributed by atoms with E-state index in [0.29, 0.717) is 0 Å². The molecule has 1 N–H and O–H groups in total. The molecule has 0 aliphatic rings. The number of ether oxygens (including phenoxy) is 1. The lowest BCUT2D eigenvalue weighted by molar-refractivity contribution is 0.405. The molecular weight excluding hydrogens is 348 g/mol. The standard InChI is InChI=1S/C23H28N4O/c1-15-18-8-7-17(28-5)13-16(18)14-19-21-20(27(4)22(15)19)9-11-25-23(21)24-10-6-12-26(2)3/h7-9,11,13-14H,6,10,12H2,1-5H3,(H,24,25). The molecule has 0 fully saturated rings. The first-order valence-corrected chi connectivity index (χ1v) is 9.74. The van der Waals surface area contributed by atoms with Gasteiger partial charge in [0, 0.05) is 30.6 Å². The third kappa shape index (κ3) is 3.06. The van der Waals surface area contributed by atoms with Crippen molar-refractivity contribution >= 4 is 38.4 Å². The molecule has 0 spiro atoms. The van der Waals surface area contributed by atoms with E-state index >= 15 is 0 Å². The van der Waals surface area contributed by atoms with Crippen LogP contribution in [0.15, 0.2) is 36.5 Å². The average molecular weight is 377 g/mol. The highest BCUT2D eigenvalue weighted by Crippen LogP contribution is 2.38. The van der Waals surface area contributed by atoms with Crippen LogP contribution >= 0.6 is 0 Å². The van der Waals surface area contributed by atoms with Gasteiger partial charge >= 0.3 is 0 Å². The van der Waals surface area contributed by atoms with Gasteiger partial charge in [-0.3, -0.25) is 0 Å². The van der Waals surface area contributed by atoms with Crippen molar-refractivity contribution in [3.63, 3.8) is 0 Å². The molecule has 5 nitrogen and oxygen atoms in total. The number of hydrogen-bond donors (Lipinski definition) is 1. The van der Waals surface area contributed by atoms with Crippen LogP contribution in [0.3, 0.4) is 0 Å². The molecule has 2 aromatic carbocycles. The summed E-state index contributed by atoms with van der Waals surface area (Å²) in [6.45, 7) is 4.16. The van der Waals surface area contributed by atoms with E-state index in [1.54, 1.807) is 7.11 Å². The fourth-order valence-corrected chi connectivity index (χ4v) is 4.16. The Morgan fingerprint density at radius 1 is 1.14 bits per heavy atom. The number of methoxy groups -OCH3 is 1. The van der Waals surface area contributed by atoms with Crippen molar-refractivity contribution in [1.29, 1.82) is 0 Å². The lowest BCUT2D eigenvalue weighted by atomic mass is 10.0. The molecule has 146 valence electrons. The second kappa shape index (κ2) is 7.32. The predicted octanol–water partition coefficient (Wildman–Crippen LogP) is 4.56. The van der Waals surface area contributed by atoms with E-state index in [1.165, 1.54) is 38.1 Å². The first-order chi connectivity index (χ1) is 13.5. The normalized spacial score (nSPS) is 11.8. The lowest BCUT2D eigenvalue weighted by Crippen LogP contribution is -2.16. The van der Waals surface area contributed by atoms with Gasteiger partial charge < -0.3 is 19.5 Å². The Hall–Kier alpha value is -2.79. The molecule has 4 aromatic rings. The number of nitrogens with one attached hydrogen (secondary N) is 1. The number of pyridine rings is 1. The van der Waals surface area contributed by atoms with Crippen LogP contribution in [0.2, 0.25) is 0 Å². The number of aryl methyl sites for hydroxylation is 2. The number of rotatable bonds is 6. The summed E-state index contributed by atoms with van der Waals surface area (Å²) in [7, 11) is 8.06. The van der Waals surface area contributed by atoms with Crippen LogP contribution in [0.1, 0.15) is 12.0 Å². The zero-order valence-electron chi connectivity index (χ0n) is 17.3.